The quantitative estimate of drug-likeness (QED) is 0.775. The van der Waals surface area contributed by atoms with Gasteiger partial charge in [-0.3, -0.25) is 4.79 Å². The van der Waals surface area contributed by atoms with Gasteiger partial charge < -0.3 is 9.47 Å². The number of thiophene rings is 1. The third-order valence-corrected chi connectivity index (χ3v) is 5.55. The Morgan fingerprint density at radius 1 is 1.39 bits per heavy atom. The molecule has 0 radical (unpaired) electrons. The Balaban J connectivity index is 1.47. The predicted molar refractivity (Wildman–Crippen MR) is 93.5 cm³/mol. The summed E-state index contributed by atoms with van der Waals surface area (Å²) >= 11 is 1.82. The van der Waals surface area contributed by atoms with E-state index in [4.69, 9.17) is 0 Å². The molecule has 1 aliphatic rings. The molecule has 0 aliphatic carbocycles. The van der Waals surface area contributed by atoms with Crippen molar-refractivity contribution in [3.05, 3.63) is 41.1 Å². The van der Waals surface area contributed by atoms with Crippen molar-refractivity contribution in [3.8, 4) is 0 Å². The number of hydrogen-bond acceptors (Lipinski definition) is 3. The molecule has 124 valence electrons. The lowest BCUT2D eigenvalue weighted by molar-refractivity contribution is -0.135. The molecule has 1 unspecified atom stereocenters. The van der Waals surface area contributed by atoms with Gasteiger partial charge in [-0.1, -0.05) is 6.07 Å². The zero-order chi connectivity index (χ0) is 15.9. The molecule has 2 aromatic heterocycles. The smallest absolute Gasteiger partial charge is 0.222 e. The van der Waals surface area contributed by atoms with Crippen LogP contribution < -0.4 is 0 Å². The molecule has 3 heterocycles. The molecular formula is C18H25N3OS. The first kappa shape index (κ1) is 16.2. The number of aryl methyl sites for hydroxylation is 2. The number of carbonyl (C=O) groups is 1. The number of aromatic nitrogens is 2. The van der Waals surface area contributed by atoms with Crippen LogP contribution >= 0.6 is 11.3 Å². The molecule has 4 nitrogen and oxygen atoms in total. The minimum Gasteiger partial charge on any atom is -0.340 e. The minimum atomic E-state index is 0.334. The molecule has 0 N–H and O–H groups in total. The van der Waals surface area contributed by atoms with E-state index in [9.17, 15) is 4.79 Å². The number of carbonyl (C=O) groups excluding carboxylic acids is 1. The first-order valence-electron chi connectivity index (χ1n) is 8.60. The first-order valence-corrected chi connectivity index (χ1v) is 9.48. The fourth-order valence-electron chi connectivity index (χ4n) is 3.37. The highest BCUT2D eigenvalue weighted by Gasteiger charge is 2.25. The summed E-state index contributed by atoms with van der Waals surface area (Å²) in [4.78, 5) is 20.2. The standard InChI is InChI=1S/C18H25N3OS/c22-18(7-3-11-20-13-10-19-15-20)21-12-2-1-5-16(21)8-9-17-6-4-14-23-17/h4,6,10,13-16H,1-3,5,7-9,11-12H2. The second-order valence-electron chi connectivity index (χ2n) is 6.26. The van der Waals surface area contributed by atoms with Gasteiger partial charge >= 0.3 is 0 Å². The number of piperidine rings is 1. The van der Waals surface area contributed by atoms with Crippen molar-refractivity contribution in [1.82, 2.24) is 14.5 Å². The summed E-state index contributed by atoms with van der Waals surface area (Å²) < 4.78 is 2.04. The van der Waals surface area contributed by atoms with Crippen molar-refractivity contribution in [2.75, 3.05) is 6.54 Å². The van der Waals surface area contributed by atoms with Gasteiger partial charge in [0.15, 0.2) is 0 Å². The van der Waals surface area contributed by atoms with Crippen LogP contribution in [0.4, 0.5) is 0 Å². The number of nitrogens with zero attached hydrogens (tertiary/aromatic N) is 3. The number of hydrogen-bond donors (Lipinski definition) is 0. The second-order valence-corrected chi connectivity index (χ2v) is 7.29. The van der Waals surface area contributed by atoms with Crippen LogP contribution in [0.1, 0.15) is 43.4 Å². The summed E-state index contributed by atoms with van der Waals surface area (Å²) in [5, 5.41) is 2.13. The van der Waals surface area contributed by atoms with E-state index in [2.05, 4.69) is 27.4 Å². The molecule has 0 aromatic carbocycles. The molecule has 1 fully saturated rings. The van der Waals surface area contributed by atoms with Gasteiger partial charge in [0.25, 0.3) is 0 Å². The molecule has 1 saturated heterocycles. The summed E-state index contributed by atoms with van der Waals surface area (Å²) in [7, 11) is 0. The van der Waals surface area contributed by atoms with Crippen LogP contribution in [-0.2, 0) is 17.8 Å². The van der Waals surface area contributed by atoms with Gasteiger partial charge in [-0.25, -0.2) is 4.98 Å². The number of rotatable bonds is 7. The van der Waals surface area contributed by atoms with Gasteiger partial charge in [0, 0.05) is 42.8 Å². The van der Waals surface area contributed by atoms with Crippen LogP contribution in [0, 0.1) is 0 Å². The van der Waals surface area contributed by atoms with Crippen molar-refractivity contribution < 1.29 is 4.79 Å². The maximum atomic E-state index is 12.6. The molecule has 1 aliphatic heterocycles. The fourth-order valence-corrected chi connectivity index (χ4v) is 4.09. The lowest BCUT2D eigenvalue weighted by Gasteiger charge is -2.36. The highest BCUT2D eigenvalue weighted by molar-refractivity contribution is 7.09. The average Bonchev–Trinajstić information content (AvgIpc) is 3.27. The van der Waals surface area contributed by atoms with Crippen molar-refractivity contribution >= 4 is 17.2 Å². The largest absolute Gasteiger partial charge is 0.340 e. The molecule has 5 heteroatoms. The van der Waals surface area contributed by atoms with E-state index in [1.165, 1.54) is 17.7 Å². The third-order valence-electron chi connectivity index (χ3n) is 4.62. The van der Waals surface area contributed by atoms with Gasteiger partial charge in [-0.2, -0.15) is 0 Å². The van der Waals surface area contributed by atoms with E-state index in [1.807, 2.05) is 28.4 Å². The Labute approximate surface area is 142 Å². The summed E-state index contributed by atoms with van der Waals surface area (Å²) in [5.74, 6) is 0.334. The SMILES string of the molecule is O=C(CCCn1ccnc1)N1CCCCC1CCc1cccs1. The monoisotopic (exact) mass is 331 g/mol. The van der Waals surface area contributed by atoms with E-state index in [-0.39, 0.29) is 0 Å². The highest BCUT2D eigenvalue weighted by Crippen LogP contribution is 2.23. The number of likely N-dealkylation sites (tertiary alicyclic amines) is 1. The topological polar surface area (TPSA) is 38.1 Å². The van der Waals surface area contributed by atoms with Crippen LogP contribution in [0.2, 0.25) is 0 Å². The van der Waals surface area contributed by atoms with E-state index >= 15 is 0 Å². The Bertz CT molecular complexity index is 579. The lowest BCUT2D eigenvalue weighted by atomic mass is 9.97. The molecule has 1 atom stereocenters. The van der Waals surface area contributed by atoms with Crippen LogP contribution in [0.15, 0.2) is 36.2 Å². The maximum Gasteiger partial charge on any atom is 0.222 e. The first-order chi connectivity index (χ1) is 11.3. The van der Waals surface area contributed by atoms with E-state index in [1.54, 1.807) is 6.20 Å². The Morgan fingerprint density at radius 3 is 3.13 bits per heavy atom. The number of amides is 1. The van der Waals surface area contributed by atoms with Crippen LogP contribution in [-0.4, -0.2) is 32.9 Å². The average molecular weight is 331 g/mol. The summed E-state index contributed by atoms with van der Waals surface area (Å²) in [6.45, 7) is 1.82. The predicted octanol–water partition coefficient (Wildman–Crippen LogP) is 3.74. The lowest BCUT2D eigenvalue weighted by Crippen LogP contribution is -2.43. The Kier molecular flexibility index (Phi) is 5.86. The maximum absolute atomic E-state index is 12.6. The molecular weight excluding hydrogens is 306 g/mol. The zero-order valence-electron chi connectivity index (χ0n) is 13.6. The molecule has 2 aromatic rings. The van der Waals surface area contributed by atoms with E-state index < -0.39 is 0 Å². The van der Waals surface area contributed by atoms with Crippen LogP contribution in [0.3, 0.4) is 0 Å². The van der Waals surface area contributed by atoms with E-state index in [0.29, 0.717) is 18.4 Å². The van der Waals surface area contributed by atoms with Gasteiger partial charge in [0.05, 0.1) is 6.33 Å². The van der Waals surface area contributed by atoms with E-state index in [0.717, 1.165) is 38.8 Å². The molecule has 23 heavy (non-hydrogen) atoms. The van der Waals surface area contributed by atoms with Gasteiger partial charge in [0.2, 0.25) is 5.91 Å². The Hall–Kier alpha value is -1.62. The summed E-state index contributed by atoms with van der Waals surface area (Å²) in [5.41, 5.74) is 0. The molecule has 1 amide bonds. The molecule has 3 rings (SSSR count). The third kappa shape index (κ3) is 4.67. The zero-order valence-corrected chi connectivity index (χ0v) is 14.4. The summed E-state index contributed by atoms with van der Waals surface area (Å²) in [6.07, 6.45) is 12.9. The van der Waals surface area contributed by atoms with Crippen molar-refractivity contribution in [3.63, 3.8) is 0 Å². The van der Waals surface area contributed by atoms with Crippen molar-refractivity contribution in [2.24, 2.45) is 0 Å². The Morgan fingerprint density at radius 2 is 2.35 bits per heavy atom. The summed E-state index contributed by atoms with van der Waals surface area (Å²) in [6, 6.07) is 4.75. The number of imidazole rings is 1. The highest BCUT2D eigenvalue weighted by atomic mass is 32.1. The van der Waals surface area contributed by atoms with Gasteiger partial charge in [-0.15, -0.1) is 11.3 Å². The fraction of sp³-hybridized carbons (Fsp3) is 0.556. The molecule has 0 saturated carbocycles. The molecule has 0 spiro atoms. The second kappa shape index (κ2) is 8.29. The van der Waals surface area contributed by atoms with Crippen LogP contribution in [0.5, 0.6) is 0 Å². The molecule has 0 bridgehead atoms. The van der Waals surface area contributed by atoms with Crippen molar-refractivity contribution in [1.29, 1.82) is 0 Å². The van der Waals surface area contributed by atoms with Gasteiger partial charge in [-0.05, 0) is 50.0 Å². The minimum absolute atomic E-state index is 0.334. The van der Waals surface area contributed by atoms with Crippen molar-refractivity contribution in [2.45, 2.75) is 57.5 Å². The van der Waals surface area contributed by atoms with Crippen LogP contribution in [0.25, 0.3) is 0 Å². The van der Waals surface area contributed by atoms with Gasteiger partial charge in [0.1, 0.15) is 0 Å². The normalized spacial score (nSPS) is 18.3.